The number of halogens is 2. The summed E-state index contributed by atoms with van der Waals surface area (Å²) < 4.78 is 38.1. The molecule has 1 saturated carbocycles. The number of sulfone groups is 1. The number of hydrogen-bond donors (Lipinski definition) is 0. The monoisotopic (exact) mass is 345 g/mol. The summed E-state index contributed by atoms with van der Waals surface area (Å²) in [6, 6.07) is 4.27. The van der Waals surface area contributed by atoms with Gasteiger partial charge in [-0.3, -0.25) is 4.79 Å². The number of rotatable bonds is 1. The van der Waals surface area contributed by atoms with Crippen LogP contribution in [0.3, 0.4) is 0 Å². The van der Waals surface area contributed by atoms with E-state index < -0.39 is 26.3 Å². The predicted octanol–water partition coefficient (Wildman–Crippen LogP) is 2.66. The number of benzene rings is 1. The number of amides is 1. The van der Waals surface area contributed by atoms with E-state index in [4.69, 9.17) is 11.6 Å². The van der Waals surface area contributed by atoms with E-state index in [0.29, 0.717) is 25.8 Å². The molecule has 1 aromatic rings. The molecule has 7 heteroatoms. The maximum Gasteiger partial charge on any atom is 0.256 e. The molecule has 0 radical (unpaired) electrons. The highest BCUT2D eigenvalue weighted by molar-refractivity contribution is 7.92. The van der Waals surface area contributed by atoms with E-state index in [-0.39, 0.29) is 22.9 Å². The van der Waals surface area contributed by atoms with Gasteiger partial charge in [0.2, 0.25) is 0 Å². The first kappa shape index (κ1) is 15.7. The van der Waals surface area contributed by atoms with Crippen molar-refractivity contribution in [3.63, 3.8) is 0 Å². The van der Waals surface area contributed by atoms with Crippen molar-refractivity contribution in [2.45, 2.75) is 30.4 Å². The number of nitrogens with zero attached hydrogens (tertiary/aromatic N) is 1. The van der Waals surface area contributed by atoms with Crippen molar-refractivity contribution in [3.8, 4) is 0 Å². The van der Waals surface area contributed by atoms with Crippen LogP contribution in [0, 0.1) is 5.82 Å². The summed E-state index contributed by atoms with van der Waals surface area (Å²) in [7, 11) is -3.20. The van der Waals surface area contributed by atoms with Gasteiger partial charge < -0.3 is 4.90 Å². The molecule has 2 aliphatic rings. The topological polar surface area (TPSA) is 54.5 Å². The fourth-order valence-corrected chi connectivity index (χ4v) is 5.61. The quantitative estimate of drug-likeness (QED) is 0.786. The first-order chi connectivity index (χ1) is 10.4. The van der Waals surface area contributed by atoms with Crippen molar-refractivity contribution in [1.82, 2.24) is 4.90 Å². The van der Waals surface area contributed by atoms with Gasteiger partial charge in [0.15, 0.2) is 15.7 Å². The Balaban J connectivity index is 1.84. The highest BCUT2D eigenvalue weighted by Crippen LogP contribution is 2.44. The Morgan fingerprint density at radius 2 is 1.95 bits per heavy atom. The third kappa shape index (κ3) is 2.42. The van der Waals surface area contributed by atoms with Gasteiger partial charge in [-0.05, 0) is 31.4 Å². The van der Waals surface area contributed by atoms with Crippen molar-refractivity contribution in [1.29, 1.82) is 0 Å². The summed E-state index contributed by atoms with van der Waals surface area (Å²) in [5.74, 6) is -1.30. The summed E-state index contributed by atoms with van der Waals surface area (Å²) in [6.45, 7) is 0.443. The first-order valence-corrected chi connectivity index (χ1v) is 9.35. The normalized spacial score (nSPS) is 22.9. The smallest absolute Gasteiger partial charge is 0.256 e. The largest absolute Gasteiger partial charge is 0.337 e. The van der Waals surface area contributed by atoms with Gasteiger partial charge in [-0.25, -0.2) is 12.8 Å². The maximum absolute atomic E-state index is 14.0. The van der Waals surface area contributed by atoms with Crippen LogP contribution in [0.2, 0.25) is 5.02 Å². The van der Waals surface area contributed by atoms with E-state index in [1.807, 2.05) is 0 Å². The van der Waals surface area contributed by atoms with E-state index >= 15 is 0 Å². The van der Waals surface area contributed by atoms with Crippen molar-refractivity contribution in [2.75, 3.05) is 18.8 Å². The molecule has 1 spiro atoms. The fraction of sp³-hybridized carbons (Fsp3) is 0.533. The Morgan fingerprint density at radius 1 is 1.23 bits per heavy atom. The highest BCUT2D eigenvalue weighted by Gasteiger charge is 2.50. The molecule has 1 aromatic carbocycles. The molecule has 1 saturated heterocycles. The Labute approximate surface area is 134 Å². The molecule has 1 amide bonds. The fourth-order valence-electron chi connectivity index (χ4n) is 3.23. The minimum atomic E-state index is -3.20. The summed E-state index contributed by atoms with van der Waals surface area (Å²) >= 11 is 5.71. The molecular weight excluding hydrogens is 329 g/mol. The van der Waals surface area contributed by atoms with Crippen molar-refractivity contribution in [2.24, 2.45) is 0 Å². The summed E-state index contributed by atoms with van der Waals surface area (Å²) in [5.41, 5.74) is -0.102. The van der Waals surface area contributed by atoms with Crippen LogP contribution >= 0.6 is 11.6 Å². The molecule has 1 aliphatic heterocycles. The summed E-state index contributed by atoms with van der Waals surface area (Å²) in [6.07, 6.45) is 2.69. The van der Waals surface area contributed by atoms with Crippen molar-refractivity contribution >= 4 is 27.3 Å². The first-order valence-electron chi connectivity index (χ1n) is 7.32. The number of carbonyl (C=O) groups excluding carboxylic acids is 1. The van der Waals surface area contributed by atoms with Gasteiger partial charge in [-0.15, -0.1) is 0 Å². The highest BCUT2D eigenvalue weighted by atomic mass is 35.5. The average Bonchev–Trinajstić information content (AvgIpc) is 2.56. The lowest BCUT2D eigenvalue weighted by molar-refractivity contribution is 0.0754. The second-order valence-electron chi connectivity index (χ2n) is 6.00. The second kappa shape index (κ2) is 5.49. The minimum Gasteiger partial charge on any atom is -0.337 e. The standard InChI is InChI=1S/C15H17ClFNO3S/c16-12-4-1-3-11(13(12)17)14(19)18-8-7-15(5-2-6-15)22(20,21)10-9-18/h1,3-4H,2,5-10H2. The van der Waals surface area contributed by atoms with E-state index in [2.05, 4.69) is 0 Å². The van der Waals surface area contributed by atoms with Gasteiger partial charge >= 0.3 is 0 Å². The van der Waals surface area contributed by atoms with Gasteiger partial charge in [0.05, 0.1) is 21.1 Å². The molecule has 0 atom stereocenters. The van der Waals surface area contributed by atoms with E-state index in [0.717, 1.165) is 6.42 Å². The molecule has 0 bridgehead atoms. The molecule has 0 unspecified atom stereocenters. The van der Waals surface area contributed by atoms with Gasteiger partial charge in [0.25, 0.3) is 5.91 Å². The van der Waals surface area contributed by atoms with Gasteiger partial charge in [0, 0.05) is 13.1 Å². The summed E-state index contributed by atoms with van der Waals surface area (Å²) in [4.78, 5) is 13.9. The van der Waals surface area contributed by atoms with E-state index in [1.165, 1.54) is 23.1 Å². The average molecular weight is 346 g/mol. The number of carbonyl (C=O) groups is 1. The van der Waals surface area contributed by atoms with Crippen LogP contribution in [0.4, 0.5) is 4.39 Å². The van der Waals surface area contributed by atoms with Crippen LogP contribution in [-0.2, 0) is 9.84 Å². The zero-order valence-corrected chi connectivity index (χ0v) is 13.6. The zero-order valence-electron chi connectivity index (χ0n) is 12.0. The minimum absolute atomic E-state index is 0.0546. The molecule has 22 heavy (non-hydrogen) atoms. The molecule has 3 rings (SSSR count). The molecular formula is C15H17ClFNO3S. The lowest BCUT2D eigenvalue weighted by atomic mass is 9.81. The van der Waals surface area contributed by atoms with Gasteiger partial charge in [-0.2, -0.15) is 0 Å². The van der Waals surface area contributed by atoms with Crippen LogP contribution in [0.25, 0.3) is 0 Å². The Kier molecular flexibility index (Phi) is 3.93. The molecule has 1 heterocycles. The maximum atomic E-state index is 14.0. The third-order valence-electron chi connectivity index (χ3n) is 4.86. The summed E-state index contributed by atoms with van der Waals surface area (Å²) in [5, 5.41) is -0.108. The molecule has 4 nitrogen and oxygen atoms in total. The van der Waals surface area contributed by atoms with E-state index in [1.54, 1.807) is 0 Å². The van der Waals surface area contributed by atoms with Gasteiger partial charge in [-0.1, -0.05) is 24.1 Å². The second-order valence-corrected chi connectivity index (χ2v) is 8.91. The van der Waals surface area contributed by atoms with Crippen molar-refractivity contribution in [3.05, 3.63) is 34.6 Å². The van der Waals surface area contributed by atoms with Crippen LogP contribution in [-0.4, -0.2) is 42.8 Å². The lowest BCUT2D eigenvalue weighted by Gasteiger charge is -2.39. The molecule has 1 aliphatic carbocycles. The van der Waals surface area contributed by atoms with Crippen molar-refractivity contribution < 1.29 is 17.6 Å². The third-order valence-corrected chi connectivity index (χ3v) is 7.80. The van der Waals surface area contributed by atoms with Crippen LogP contribution < -0.4 is 0 Å². The predicted molar refractivity (Wildman–Crippen MR) is 82.3 cm³/mol. The van der Waals surface area contributed by atoms with Crippen LogP contribution in [0.5, 0.6) is 0 Å². The molecule has 0 N–H and O–H groups in total. The SMILES string of the molecule is O=C(c1cccc(Cl)c1F)N1CCC2(CCC2)S(=O)(=O)CC1. The van der Waals surface area contributed by atoms with Crippen LogP contribution in [0.1, 0.15) is 36.0 Å². The Hall–Kier alpha value is -1.14. The Bertz CT molecular complexity index is 715. The molecule has 0 aromatic heterocycles. The Morgan fingerprint density at radius 3 is 2.59 bits per heavy atom. The van der Waals surface area contributed by atoms with Gasteiger partial charge in [0.1, 0.15) is 0 Å². The van der Waals surface area contributed by atoms with E-state index in [9.17, 15) is 17.6 Å². The van der Waals surface area contributed by atoms with Crippen LogP contribution in [0.15, 0.2) is 18.2 Å². The number of hydrogen-bond acceptors (Lipinski definition) is 3. The zero-order chi connectivity index (χ0) is 16.0. The molecule has 2 fully saturated rings. The lowest BCUT2D eigenvalue weighted by Crippen LogP contribution is -2.46. The molecule has 120 valence electrons.